The molecule has 136 valence electrons. The number of hydrogen-bond acceptors (Lipinski definition) is 3. The average molecular weight is 367 g/mol. The van der Waals surface area contributed by atoms with Gasteiger partial charge < -0.3 is 5.32 Å². The van der Waals surface area contributed by atoms with Crippen LogP contribution in [0.3, 0.4) is 0 Å². The number of hydrogen-bond donors (Lipinski definition) is 1. The van der Waals surface area contributed by atoms with Gasteiger partial charge in [0.15, 0.2) is 0 Å². The number of rotatable bonds is 7. The Hall–Kier alpha value is -1.89. The van der Waals surface area contributed by atoms with Crippen molar-refractivity contribution in [3.63, 3.8) is 0 Å². The van der Waals surface area contributed by atoms with Gasteiger partial charge >= 0.3 is 0 Å². The molecule has 1 aromatic carbocycles. The van der Waals surface area contributed by atoms with Crippen LogP contribution in [0.15, 0.2) is 29.2 Å². The third kappa shape index (κ3) is 5.29. The molecule has 0 saturated carbocycles. The molecular formula is C18H23F2N3OS. The molecule has 0 spiro atoms. The number of alkyl halides is 2. The van der Waals surface area contributed by atoms with Gasteiger partial charge in [0.25, 0.3) is 5.76 Å². The maximum atomic E-state index is 12.6. The fourth-order valence-corrected chi connectivity index (χ4v) is 3.23. The monoisotopic (exact) mass is 367 g/mol. The summed E-state index contributed by atoms with van der Waals surface area (Å²) < 4.78 is 27.2. The Morgan fingerprint density at radius 2 is 1.96 bits per heavy atom. The number of halogens is 2. The summed E-state index contributed by atoms with van der Waals surface area (Å²) in [7, 11) is 0. The van der Waals surface area contributed by atoms with Crippen LogP contribution < -0.4 is 5.32 Å². The third-order valence-corrected chi connectivity index (χ3v) is 4.57. The van der Waals surface area contributed by atoms with Crippen molar-refractivity contribution in [2.75, 3.05) is 5.32 Å². The third-order valence-electron chi connectivity index (χ3n) is 3.78. The van der Waals surface area contributed by atoms with Crippen molar-refractivity contribution < 1.29 is 13.6 Å². The van der Waals surface area contributed by atoms with E-state index in [1.807, 2.05) is 18.5 Å². The van der Waals surface area contributed by atoms with E-state index in [4.69, 9.17) is 0 Å². The summed E-state index contributed by atoms with van der Waals surface area (Å²) in [5.41, 5.74) is 3.08. The molecule has 0 bridgehead atoms. The van der Waals surface area contributed by atoms with Crippen molar-refractivity contribution in [3.05, 3.63) is 41.2 Å². The minimum atomic E-state index is -2.53. The number of aromatic nitrogens is 2. The number of nitrogens with one attached hydrogen (secondary N) is 1. The number of para-hydroxylation sites is 1. The lowest BCUT2D eigenvalue weighted by atomic mass is 10.1. The van der Waals surface area contributed by atoms with Crippen LogP contribution in [-0.4, -0.2) is 21.4 Å². The van der Waals surface area contributed by atoms with Gasteiger partial charge in [-0.1, -0.05) is 37.7 Å². The Bertz CT molecular complexity index is 744. The molecule has 4 nitrogen and oxygen atoms in total. The molecule has 1 N–H and O–H groups in total. The van der Waals surface area contributed by atoms with E-state index in [2.05, 4.69) is 24.3 Å². The van der Waals surface area contributed by atoms with Crippen molar-refractivity contribution in [3.8, 4) is 0 Å². The van der Waals surface area contributed by atoms with Crippen molar-refractivity contribution in [1.82, 2.24) is 9.78 Å². The number of benzene rings is 1. The van der Waals surface area contributed by atoms with Gasteiger partial charge in [0.1, 0.15) is 0 Å². The van der Waals surface area contributed by atoms with Crippen LogP contribution in [0.2, 0.25) is 0 Å². The molecular weight excluding hydrogens is 344 g/mol. The summed E-state index contributed by atoms with van der Waals surface area (Å²) in [5, 5.41) is 7.24. The zero-order valence-corrected chi connectivity index (χ0v) is 15.7. The molecule has 1 aromatic heterocycles. The van der Waals surface area contributed by atoms with Gasteiger partial charge in [-0.25, -0.2) is 0 Å². The first-order chi connectivity index (χ1) is 11.8. The Morgan fingerprint density at radius 3 is 2.60 bits per heavy atom. The van der Waals surface area contributed by atoms with Crippen molar-refractivity contribution in [2.24, 2.45) is 5.92 Å². The quantitative estimate of drug-likeness (QED) is 0.725. The normalized spacial score (nSPS) is 11.4. The van der Waals surface area contributed by atoms with Crippen LogP contribution in [0.25, 0.3) is 0 Å². The standard InChI is InChI=1S/C18H23F2N3OS/c1-11(2)10-23-13(4)14(12(3)22-23)9-17(24)21-15-7-5-6-8-16(15)25-18(19)20/h5-8,11,18H,9-10H2,1-4H3,(H,21,24). The Kier molecular flexibility index (Phi) is 6.58. The molecule has 2 aromatic rings. The fourth-order valence-electron chi connectivity index (χ4n) is 2.64. The molecule has 0 aliphatic heterocycles. The first-order valence-electron chi connectivity index (χ1n) is 8.14. The van der Waals surface area contributed by atoms with Crippen molar-refractivity contribution in [2.45, 2.75) is 51.3 Å². The molecule has 0 radical (unpaired) electrons. The van der Waals surface area contributed by atoms with Crippen LogP contribution in [0.1, 0.15) is 30.8 Å². The van der Waals surface area contributed by atoms with Gasteiger partial charge in [-0.05, 0) is 31.9 Å². The molecule has 0 atom stereocenters. The zero-order chi connectivity index (χ0) is 18.6. The minimum Gasteiger partial charge on any atom is -0.325 e. The van der Waals surface area contributed by atoms with E-state index < -0.39 is 5.76 Å². The summed E-state index contributed by atoms with van der Waals surface area (Å²) in [4.78, 5) is 12.8. The largest absolute Gasteiger partial charge is 0.325 e. The Labute approximate surface area is 151 Å². The minimum absolute atomic E-state index is 0.170. The maximum Gasteiger partial charge on any atom is 0.288 e. The lowest BCUT2D eigenvalue weighted by molar-refractivity contribution is -0.115. The molecule has 1 amide bonds. The van der Waals surface area contributed by atoms with E-state index in [1.165, 1.54) is 0 Å². The van der Waals surface area contributed by atoms with Gasteiger partial charge in [0, 0.05) is 22.7 Å². The summed E-state index contributed by atoms with van der Waals surface area (Å²) in [5.74, 6) is -2.31. The number of carbonyl (C=O) groups is 1. The number of anilines is 1. The summed E-state index contributed by atoms with van der Waals surface area (Å²) in [6.45, 7) is 8.85. The van der Waals surface area contributed by atoms with Gasteiger partial charge in [-0.3, -0.25) is 9.48 Å². The highest BCUT2D eigenvalue weighted by Crippen LogP contribution is 2.31. The number of aryl methyl sites for hydroxylation is 1. The fraction of sp³-hybridized carbons (Fsp3) is 0.444. The molecule has 1 heterocycles. The summed E-state index contributed by atoms with van der Waals surface area (Å²) in [6.07, 6.45) is 0.170. The van der Waals surface area contributed by atoms with Crippen molar-refractivity contribution >= 4 is 23.4 Å². The number of carbonyl (C=O) groups excluding carboxylic acids is 1. The number of nitrogens with zero attached hydrogens (tertiary/aromatic N) is 2. The molecule has 0 aliphatic carbocycles. The summed E-state index contributed by atoms with van der Waals surface area (Å²) >= 11 is 0.426. The first kappa shape index (κ1) is 19.4. The Balaban J connectivity index is 2.12. The second kappa shape index (κ2) is 8.47. The van der Waals surface area contributed by atoms with Crippen molar-refractivity contribution in [1.29, 1.82) is 0 Å². The lowest BCUT2D eigenvalue weighted by Crippen LogP contribution is -2.16. The van der Waals surface area contributed by atoms with E-state index in [9.17, 15) is 13.6 Å². The van der Waals surface area contributed by atoms with Crippen LogP contribution >= 0.6 is 11.8 Å². The first-order valence-corrected chi connectivity index (χ1v) is 9.02. The summed E-state index contributed by atoms with van der Waals surface area (Å²) in [6, 6.07) is 6.58. The molecule has 0 unspecified atom stereocenters. The topological polar surface area (TPSA) is 46.9 Å². The molecule has 0 aliphatic rings. The van der Waals surface area contributed by atoms with Gasteiger partial charge in [0.05, 0.1) is 17.8 Å². The van der Waals surface area contributed by atoms with E-state index in [0.717, 1.165) is 23.5 Å². The molecule has 7 heteroatoms. The predicted octanol–water partition coefficient (Wildman–Crippen LogP) is 4.65. The zero-order valence-electron chi connectivity index (χ0n) is 14.8. The molecule has 0 fully saturated rings. The van der Waals surface area contributed by atoms with Crippen LogP contribution in [0.4, 0.5) is 14.5 Å². The molecule has 0 saturated heterocycles. The second-order valence-electron chi connectivity index (χ2n) is 6.32. The highest BCUT2D eigenvalue weighted by Gasteiger charge is 2.17. The smallest absolute Gasteiger partial charge is 0.288 e. The number of amides is 1. The highest BCUT2D eigenvalue weighted by atomic mass is 32.2. The number of thioether (sulfide) groups is 1. The molecule has 2 rings (SSSR count). The van der Waals surface area contributed by atoms with Gasteiger partial charge in [-0.15, -0.1) is 0 Å². The van der Waals surface area contributed by atoms with E-state index in [1.54, 1.807) is 24.3 Å². The van der Waals surface area contributed by atoms with E-state index in [0.29, 0.717) is 28.3 Å². The van der Waals surface area contributed by atoms with Gasteiger partial charge in [0.2, 0.25) is 5.91 Å². The maximum absolute atomic E-state index is 12.6. The average Bonchev–Trinajstić information content (AvgIpc) is 2.75. The second-order valence-corrected chi connectivity index (χ2v) is 7.36. The van der Waals surface area contributed by atoms with Crippen LogP contribution in [0, 0.1) is 19.8 Å². The van der Waals surface area contributed by atoms with E-state index in [-0.39, 0.29) is 12.3 Å². The Morgan fingerprint density at radius 1 is 1.28 bits per heavy atom. The van der Waals surface area contributed by atoms with E-state index >= 15 is 0 Å². The lowest BCUT2D eigenvalue weighted by Gasteiger charge is -2.11. The predicted molar refractivity (Wildman–Crippen MR) is 97.2 cm³/mol. The SMILES string of the molecule is Cc1nn(CC(C)C)c(C)c1CC(=O)Nc1ccccc1SC(F)F. The molecule has 25 heavy (non-hydrogen) atoms. The van der Waals surface area contributed by atoms with Crippen LogP contribution in [0.5, 0.6) is 0 Å². The van der Waals surface area contributed by atoms with Crippen LogP contribution in [-0.2, 0) is 17.8 Å². The van der Waals surface area contributed by atoms with Gasteiger partial charge in [-0.2, -0.15) is 13.9 Å². The highest BCUT2D eigenvalue weighted by molar-refractivity contribution is 7.99.